The van der Waals surface area contributed by atoms with Gasteiger partial charge in [0.25, 0.3) is 0 Å². The fraction of sp³-hybridized carbons (Fsp3) is 1.00. The Bertz CT molecular complexity index is 424. The van der Waals surface area contributed by atoms with Crippen LogP contribution in [-0.4, -0.2) is 17.3 Å². The van der Waals surface area contributed by atoms with E-state index in [1.807, 2.05) is 0 Å². The van der Waals surface area contributed by atoms with Crippen molar-refractivity contribution in [2.75, 3.05) is 0 Å². The number of aliphatic hydroxyl groups excluding tert-OH is 1. The minimum atomic E-state index is -0.0200. The maximum absolute atomic E-state index is 10.1. The summed E-state index contributed by atoms with van der Waals surface area (Å²) in [6, 6.07) is 0.446. The fourth-order valence-electron chi connectivity index (χ4n) is 7.28. The van der Waals surface area contributed by atoms with E-state index < -0.39 is 0 Å². The van der Waals surface area contributed by atoms with Crippen LogP contribution in [0.2, 0.25) is 0 Å². The van der Waals surface area contributed by atoms with Crippen LogP contribution in [0.3, 0.4) is 0 Å². The molecule has 3 N–H and O–H groups in total. The molecule has 0 radical (unpaired) electrons. The Morgan fingerprint density at radius 3 is 2.38 bits per heavy atom. The average molecular weight is 291 g/mol. The molecule has 4 rings (SSSR count). The SMILES string of the molecule is C[C@]12CCC3[C@@H](CC[C@H]4C[C@H](O)CC[C@]34C)C1CCC2N. The number of nitrogens with two attached hydrogens (primary N) is 1. The fourth-order valence-corrected chi connectivity index (χ4v) is 7.28. The van der Waals surface area contributed by atoms with E-state index in [0.717, 1.165) is 36.5 Å². The van der Waals surface area contributed by atoms with Crippen molar-refractivity contribution in [1.29, 1.82) is 0 Å². The zero-order valence-electron chi connectivity index (χ0n) is 13.9. The largest absolute Gasteiger partial charge is 0.393 e. The maximum Gasteiger partial charge on any atom is 0.0543 e. The van der Waals surface area contributed by atoms with Crippen molar-refractivity contribution >= 4 is 0 Å². The third-order valence-corrected chi connectivity index (χ3v) is 8.71. The predicted octanol–water partition coefficient (Wildman–Crippen LogP) is 3.72. The van der Waals surface area contributed by atoms with Crippen LogP contribution in [-0.2, 0) is 0 Å². The van der Waals surface area contributed by atoms with E-state index in [-0.39, 0.29) is 6.10 Å². The summed E-state index contributed by atoms with van der Waals surface area (Å²) < 4.78 is 0. The van der Waals surface area contributed by atoms with Gasteiger partial charge in [-0.3, -0.25) is 0 Å². The summed E-state index contributed by atoms with van der Waals surface area (Å²) in [6.45, 7) is 5.06. The number of aliphatic hydroxyl groups is 1. The van der Waals surface area contributed by atoms with Gasteiger partial charge in [0, 0.05) is 6.04 Å². The Hall–Kier alpha value is -0.0800. The highest BCUT2D eigenvalue weighted by Gasteiger charge is 2.59. The van der Waals surface area contributed by atoms with Crippen molar-refractivity contribution in [3.05, 3.63) is 0 Å². The normalized spacial score (nSPS) is 60.0. The van der Waals surface area contributed by atoms with E-state index in [9.17, 15) is 5.11 Å². The Morgan fingerprint density at radius 1 is 0.857 bits per heavy atom. The molecule has 0 spiro atoms. The molecule has 0 aromatic carbocycles. The lowest BCUT2D eigenvalue weighted by Gasteiger charge is -2.60. The first kappa shape index (κ1) is 14.5. The number of hydrogen-bond donors (Lipinski definition) is 2. The van der Waals surface area contributed by atoms with Crippen LogP contribution in [0.5, 0.6) is 0 Å². The van der Waals surface area contributed by atoms with Crippen molar-refractivity contribution in [1.82, 2.24) is 0 Å². The molecule has 3 unspecified atom stereocenters. The predicted molar refractivity (Wildman–Crippen MR) is 85.7 cm³/mol. The molecule has 0 aromatic rings. The summed E-state index contributed by atoms with van der Waals surface area (Å²) in [6.07, 6.45) is 11.5. The topological polar surface area (TPSA) is 46.2 Å². The second-order valence-corrected chi connectivity index (χ2v) is 9.31. The third-order valence-electron chi connectivity index (χ3n) is 8.71. The van der Waals surface area contributed by atoms with E-state index in [4.69, 9.17) is 5.73 Å². The lowest BCUT2D eigenvalue weighted by Crippen LogP contribution is -2.55. The van der Waals surface area contributed by atoms with Gasteiger partial charge < -0.3 is 10.8 Å². The van der Waals surface area contributed by atoms with Crippen LogP contribution in [0.1, 0.15) is 71.6 Å². The van der Waals surface area contributed by atoms with Crippen LogP contribution in [0.15, 0.2) is 0 Å². The number of hydrogen-bond acceptors (Lipinski definition) is 2. The molecule has 0 aromatic heterocycles. The zero-order valence-corrected chi connectivity index (χ0v) is 13.9. The van der Waals surface area contributed by atoms with Gasteiger partial charge in [0.05, 0.1) is 6.10 Å². The molecule has 0 bridgehead atoms. The summed E-state index contributed by atoms with van der Waals surface area (Å²) in [5, 5.41) is 10.1. The summed E-state index contributed by atoms with van der Waals surface area (Å²) in [7, 11) is 0. The molecule has 4 saturated carbocycles. The Kier molecular flexibility index (Phi) is 3.25. The van der Waals surface area contributed by atoms with Crippen molar-refractivity contribution in [3.63, 3.8) is 0 Å². The van der Waals surface area contributed by atoms with Crippen molar-refractivity contribution in [2.45, 2.75) is 83.8 Å². The molecular formula is C19H33NO. The van der Waals surface area contributed by atoms with Crippen LogP contribution in [0, 0.1) is 34.5 Å². The monoisotopic (exact) mass is 291 g/mol. The van der Waals surface area contributed by atoms with E-state index in [0.29, 0.717) is 16.9 Å². The van der Waals surface area contributed by atoms with Crippen LogP contribution >= 0.6 is 0 Å². The first-order valence-corrected chi connectivity index (χ1v) is 9.39. The van der Waals surface area contributed by atoms with Crippen LogP contribution < -0.4 is 5.73 Å². The standard InChI is InChI=1S/C19H33NO/c1-18-9-7-13(21)11-12(18)3-4-14-15-5-6-17(20)19(15,2)10-8-16(14)18/h12-17,21H,3-11,20H2,1-2H3/t12-,13+,14-,15?,16?,17?,18-,19-/m0/s1. The van der Waals surface area contributed by atoms with Gasteiger partial charge in [0.1, 0.15) is 0 Å². The molecule has 21 heavy (non-hydrogen) atoms. The molecule has 0 aliphatic heterocycles. The molecule has 4 aliphatic carbocycles. The number of rotatable bonds is 0. The lowest BCUT2D eigenvalue weighted by molar-refractivity contribution is -0.122. The van der Waals surface area contributed by atoms with Crippen LogP contribution in [0.25, 0.3) is 0 Å². The average Bonchev–Trinajstić information content (AvgIpc) is 2.76. The molecule has 8 atom stereocenters. The maximum atomic E-state index is 10.1. The molecule has 4 aliphatic rings. The molecule has 2 nitrogen and oxygen atoms in total. The Morgan fingerprint density at radius 2 is 1.57 bits per heavy atom. The third kappa shape index (κ3) is 1.91. The molecule has 0 saturated heterocycles. The highest BCUT2D eigenvalue weighted by atomic mass is 16.3. The Labute approximate surface area is 129 Å². The van der Waals surface area contributed by atoms with Gasteiger partial charge in [-0.1, -0.05) is 13.8 Å². The van der Waals surface area contributed by atoms with Gasteiger partial charge in [-0.15, -0.1) is 0 Å². The quantitative estimate of drug-likeness (QED) is 0.714. The molecule has 0 amide bonds. The van der Waals surface area contributed by atoms with Gasteiger partial charge in [0.2, 0.25) is 0 Å². The smallest absolute Gasteiger partial charge is 0.0543 e. The summed E-state index contributed by atoms with van der Waals surface area (Å²) in [5.74, 6) is 3.50. The van der Waals surface area contributed by atoms with E-state index in [2.05, 4.69) is 13.8 Å². The van der Waals surface area contributed by atoms with E-state index in [1.165, 1.54) is 44.9 Å². The van der Waals surface area contributed by atoms with Gasteiger partial charge in [-0.2, -0.15) is 0 Å². The Balaban J connectivity index is 1.62. The summed E-state index contributed by atoms with van der Waals surface area (Å²) in [5.41, 5.74) is 7.43. The van der Waals surface area contributed by atoms with Crippen LogP contribution in [0.4, 0.5) is 0 Å². The first-order chi connectivity index (χ1) is 9.95. The first-order valence-electron chi connectivity index (χ1n) is 9.39. The van der Waals surface area contributed by atoms with Crippen molar-refractivity contribution < 1.29 is 5.11 Å². The van der Waals surface area contributed by atoms with Crippen molar-refractivity contribution in [3.8, 4) is 0 Å². The molecule has 0 heterocycles. The van der Waals surface area contributed by atoms with Gasteiger partial charge in [0.15, 0.2) is 0 Å². The molecule has 4 fully saturated rings. The van der Waals surface area contributed by atoms with Gasteiger partial charge in [-0.05, 0) is 92.3 Å². The van der Waals surface area contributed by atoms with Gasteiger partial charge in [-0.25, -0.2) is 0 Å². The second-order valence-electron chi connectivity index (χ2n) is 9.31. The van der Waals surface area contributed by atoms with Crippen molar-refractivity contribution in [2.24, 2.45) is 40.2 Å². The van der Waals surface area contributed by atoms with E-state index in [1.54, 1.807) is 0 Å². The molecular weight excluding hydrogens is 258 g/mol. The van der Waals surface area contributed by atoms with E-state index >= 15 is 0 Å². The highest BCUT2D eigenvalue weighted by Crippen LogP contribution is 2.65. The second kappa shape index (κ2) is 4.71. The minimum Gasteiger partial charge on any atom is -0.393 e. The summed E-state index contributed by atoms with van der Waals surface area (Å²) >= 11 is 0. The zero-order chi connectivity index (χ0) is 14.8. The minimum absolute atomic E-state index is 0.0200. The molecule has 2 heteroatoms. The van der Waals surface area contributed by atoms with Gasteiger partial charge >= 0.3 is 0 Å². The number of fused-ring (bicyclic) bond motifs is 5. The molecule has 120 valence electrons. The summed E-state index contributed by atoms with van der Waals surface area (Å²) in [4.78, 5) is 0. The highest BCUT2D eigenvalue weighted by molar-refractivity contribution is 5.10. The lowest BCUT2D eigenvalue weighted by atomic mass is 9.45.